The summed E-state index contributed by atoms with van der Waals surface area (Å²) in [6, 6.07) is 0. The zero-order valence-corrected chi connectivity index (χ0v) is 53.2. The average molecular weight is 1130 g/mol. The number of esters is 3. The van der Waals surface area contributed by atoms with E-state index < -0.39 is 6.10 Å². The molecular weight excluding hydrogens is 1010 g/mol. The number of ether oxygens (including phenoxy) is 3. The quantitative estimate of drug-likeness (QED) is 0.0261. The van der Waals surface area contributed by atoms with E-state index in [1.165, 1.54) is 109 Å². The first-order valence-corrected chi connectivity index (χ1v) is 33.8. The fourth-order valence-electron chi connectivity index (χ4n) is 8.99. The highest BCUT2D eigenvalue weighted by Crippen LogP contribution is 2.15. The molecule has 0 fully saturated rings. The SMILES string of the molecule is CC/C=C\C/C=C\C/C=C\C/C=C\C/C=C\C/C=C\C/C=C\C/C=C\C/C=C\CCCCCC(=O)OCC(COC(=O)CCCCCCC/C=C\C/C=C\CCCCCC)OC(=O)CCCCCCCCC/C=C\CCCCCCCC. The minimum Gasteiger partial charge on any atom is -0.462 e. The predicted octanol–water partition coefficient (Wildman–Crippen LogP) is 23.5. The summed E-state index contributed by atoms with van der Waals surface area (Å²) < 4.78 is 16.9. The van der Waals surface area contributed by atoms with Crippen LogP contribution in [0.2, 0.25) is 0 Å². The lowest BCUT2D eigenvalue weighted by Crippen LogP contribution is -2.30. The van der Waals surface area contributed by atoms with Crippen LogP contribution in [-0.2, 0) is 28.6 Å². The standard InChI is InChI=1S/C76H124O6/c1-4-7-10-13-16-19-22-25-28-31-32-33-34-35-36-37-38-39-40-41-42-43-44-46-48-51-54-57-60-63-66-69-75(78)81-72-73(71-80-74(77)68-65-62-59-56-53-50-47-30-27-24-21-18-15-12-9-6-3)82-76(79)70-67-64-61-58-55-52-49-45-29-26-23-20-17-14-11-8-5-2/h7,10,16,19,21,24-26,28-30,32-33,35-36,38-39,41-42,44,46-47,51,54,73H,4-6,8-9,11-15,17-18,20,22-23,27,31,34,37,40,43,45,48-50,52-53,55-72H2,1-3H3/b10-7-,19-16-,24-21-,28-25-,29-26-,33-32-,36-35-,39-38-,42-41-,46-44-,47-30-,54-51-. The molecule has 1 unspecified atom stereocenters. The Labute approximate surface area is 506 Å². The van der Waals surface area contributed by atoms with Crippen LogP contribution in [0.3, 0.4) is 0 Å². The Morgan fingerprint density at radius 3 is 0.780 bits per heavy atom. The van der Waals surface area contributed by atoms with Crippen LogP contribution >= 0.6 is 0 Å². The molecule has 0 N–H and O–H groups in total. The summed E-state index contributed by atoms with van der Waals surface area (Å²) in [5, 5.41) is 0. The highest BCUT2D eigenvalue weighted by atomic mass is 16.6. The second-order valence-electron chi connectivity index (χ2n) is 22.0. The van der Waals surface area contributed by atoms with Gasteiger partial charge in [-0.1, -0.05) is 276 Å². The number of allylic oxidation sites excluding steroid dienone is 24. The van der Waals surface area contributed by atoms with Crippen LogP contribution in [0.25, 0.3) is 0 Å². The highest BCUT2D eigenvalue weighted by Gasteiger charge is 2.19. The Morgan fingerprint density at radius 2 is 0.476 bits per heavy atom. The maximum absolute atomic E-state index is 12.9. The van der Waals surface area contributed by atoms with Gasteiger partial charge in [-0.2, -0.15) is 0 Å². The normalized spacial score (nSPS) is 13.1. The molecule has 0 aliphatic heterocycles. The molecule has 0 amide bonds. The molecule has 0 aliphatic carbocycles. The van der Waals surface area contributed by atoms with Gasteiger partial charge in [0.2, 0.25) is 0 Å². The summed E-state index contributed by atoms with van der Waals surface area (Å²) in [6.45, 7) is 6.47. The van der Waals surface area contributed by atoms with E-state index in [0.717, 1.165) is 148 Å². The molecule has 6 nitrogen and oxygen atoms in total. The first-order chi connectivity index (χ1) is 40.5. The fraction of sp³-hybridized carbons (Fsp3) is 0.645. The molecule has 1 atom stereocenters. The molecule has 464 valence electrons. The van der Waals surface area contributed by atoms with Crippen LogP contribution in [0.4, 0.5) is 0 Å². The topological polar surface area (TPSA) is 78.9 Å². The summed E-state index contributed by atoms with van der Waals surface area (Å²) in [5.74, 6) is -0.949. The van der Waals surface area contributed by atoms with E-state index >= 15 is 0 Å². The van der Waals surface area contributed by atoms with E-state index in [-0.39, 0.29) is 31.1 Å². The van der Waals surface area contributed by atoms with Gasteiger partial charge in [-0.25, -0.2) is 0 Å². The van der Waals surface area contributed by atoms with Crippen LogP contribution in [-0.4, -0.2) is 37.2 Å². The summed E-state index contributed by atoms with van der Waals surface area (Å²) >= 11 is 0. The molecule has 0 spiro atoms. The maximum atomic E-state index is 12.9. The molecule has 0 saturated heterocycles. The van der Waals surface area contributed by atoms with Gasteiger partial charge in [0.1, 0.15) is 13.2 Å². The number of hydrogen-bond acceptors (Lipinski definition) is 6. The lowest BCUT2D eigenvalue weighted by atomic mass is 10.1. The zero-order chi connectivity index (χ0) is 59.2. The first-order valence-electron chi connectivity index (χ1n) is 33.8. The Morgan fingerprint density at radius 1 is 0.256 bits per heavy atom. The van der Waals surface area contributed by atoms with E-state index in [4.69, 9.17) is 14.2 Å². The van der Waals surface area contributed by atoms with Crippen molar-refractivity contribution in [1.82, 2.24) is 0 Å². The smallest absolute Gasteiger partial charge is 0.306 e. The van der Waals surface area contributed by atoms with E-state index in [1.807, 2.05) is 0 Å². The molecule has 0 bridgehead atoms. The van der Waals surface area contributed by atoms with Crippen LogP contribution in [0.1, 0.15) is 297 Å². The monoisotopic (exact) mass is 1130 g/mol. The molecule has 82 heavy (non-hydrogen) atoms. The van der Waals surface area contributed by atoms with Crippen molar-refractivity contribution in [2.45, 2.75) is 303 Å². The van der Waals surface area contributed by atoms with Crippen molar-refractivity contribution < 1.29 is 28.6 Å². The van der Waals surface area contributed by atoms with E-state index in [9.17, 15) is 14.4 Å². The molecule has 0 heterocycles. The average Bonchev–Trinajstić information content (AvgIpc) is 3.48. The molecule has 0 aromatic heterocycles. The molecule has 6 heteroatoms. The third-order valence-electron chi connectivity index (χ3n) is 14.0. The summed E-state index contributed by atoms with van der Waals surface area (Å²) in [4.78, 5) is 38.4. The molecule has 0 aliphatic rings. The maximum Gasteiger partial charge on any atom is 0.306 e. The van der Waals surface area contributed by atoms with Gasteiger partial charge in [0.25, 0.3) is 0 Å². The van der Waals surface area contributed by atoms with Crippen molar-refractivity contribution in [2.75, 3.05) is 13.2 Å². The number of rotatable bonds is 60. The Bertz CT molecular complexity index is 1780. The molecular formula is C76H124O6. The Hall–Kier alpha value is -4.71. The molecule has 0 radical (unpaired) electrons. The predicted molar refractivity (Wildman–Crippen MR) is 357 cm³/mol. The van der Waals surface area contributed by atoms with Gasteiger partial charge in [-0.3, -0.25) is 14.4 Å². The summed E-state index contributed by atoms with van der Waals surface area (Å²) in [7, 11) is 0. The molecule has 0 aromatic rings. The largest absolute Gasteiger partial charge is 0.462 e. The minimum atomic E-state index is -0.807. The van der Waals surface area contributed by atoms with E-state index in [2.05, 4.69) is 167 Å². The van der Waals surface area contributed by atoms with Gasteiger partial charge in [0, 0.05) is 19.3 Å². The fourth-order valence-corrected chi connectivity index (χ4v) is 8.99. The van der Waals surface area contributed by atoms with Crippen LogP contribution < -0.4 is 0 Å². The summed E-state index contributed by atoms with van der Waals surface area (Å²) in [6.07, 6.45) is 98.5. The third kappa shape index (κ3) is 66.1. The van der Waals surface area contributed by atoms with Crippen LogP contribution in [0, 0.1) is 0 Å². The first kappa shape index (κ1) is 77.3. The molecule has 0 saturated carbocycles. The minimum absolute atomic E-state index is 0.101. The number of hydrogen-bond donors (Lipinski definition) is 0. The van der Waals surface area contributed by atoms with Gasteiger partial charge >= 0.3 is 17.9 Å². The van der Waals surface area contributed by atoms with Gasteiger partial charge in [0.05, 0.1) is 0 Å². The highest BCUT2D eigenvalue weighted by molar-refractivity contribution is 5.71. The van der Waals surface area contributed by atoms with Gasteiger partial charge in [0.15, 0.2) is 6.10 Å². The Kier molecular flexibility index (Phi) is 64.8. The van der Waals surface area contributed by atoms with Crippen LogP contribution in [0.15, 0.2) is 146 Å². The lowest BCUT2D eigenvalue weighted by Gasteiger charge is -2.18. The van der Waals surface area contributed by atoms with Gasteiger partial charge < -0.3 is 14.2 Å². The van der Waals surface area contributed by atoms with Crippen molar-refractivity contribution in [3.63, 3.8) is 0 Å². The third-order valence-corrected chi connectivity index (χ3v) is 14.0. The number of carbonyl (C=O) groups is 3. The number of unbranched alkanes of at least 4 members (excludes halogenated alkanes) is 25. The van der Waals surface area contributed by atoms with Crippen molar-refractivity contribution in [1.29, 1.82) is 0 Å². The second kappa shape index (κ2) is 68.8. The molecule has 0 rings (SSSR count). The van der Waals surface area contributed by atoms with Gasteiger partial charge in [-0.05, 0) is 148 Å². The van der Waals surface area contributed by atoms with Crippen molar-refractivity contribution in [3.05, 3.63) is 146 Å². The van der Waals surface area contributed by atoms with E-state index in [0.29, 0.717) is 19.3 Å². The Balaban J connectivity index is 4.44. The number of carbonyl (C=O) groups excluding carboxylic acids is 3. The second-order valence-corrected chi connectivity index (χ2v) is 22.0. The zero-order valence-electron chi connectivity index (χ0n) is 53.2. The van der Waals surface area contributed by atoms with Crippen molar-refractivity contribution >= 4 is 17.9 Å². The van der Waals surface area contributed by atoms with Gasteiger partial charge in [-0.15, -0.1) is 0 Å². The molecule has 0 aromatic carbocycles. The van der Waals surface area contributed by atoms with Crippen molar-refractivity contribution in [2.24, 2.45) is 0 Å². The summed E-state index contributed by atoms with van der Waals surface area (Å²) in [5.41, 5.74) is 0. The van der Waals surface area contributed by atoms with E-state index in [1.54, 1.807) is 0 Å². The lowest BCUT2D eigenvalue weighted by molar-refractivity contribution is -0.167. The van der Waals surface area contributed by atoms with Crippen molar-refractivity contribution in [3.8, 4) is 0 Å². The van der Waals surface area contributed by atoms with Crippen LogP contribution in [0.5, 0.6) is 0 Å².